The molecule has 1 aromatic carbocycles. The van der Waals surface area contributed by atoms with Crippen LogP contribution in [0.1, 0.15) is 5.56 Å². The third kappa shape index (κ3) is 3.12. The molecule has 2 unspecified atom stereocenters. The van der Waals surface area contributed by atoms with E-state index in [4.69, 9.17) is 9.94 Å². The largest absolute Gasteiger partial charge is 0.392 e. The van der Waals surface area contributed by atoms with Crippen molar-refractivity contribution in [3.05, 3.63) is 29.8 Å². The van der Waals surface area contributed by atoms with Crippen LogP contribution in [-0.2, 0) is 6.61 Å². The highest BCUT2D eigenvalue weighted by Crippen LogP contribution is 2.17. The molecule has 0 fully saturated rings. The third-order valence-electron chi connectivity index (χ3n) is 1.68. The predicted molar refractivity (Wildman–Crippen MR) is 64.1 cm³/mol. The highest BCUT2D eigenvalue weighted by molar-refractivity contribution is 7.44. The summed E-state index contributed by atoms with van der Waals surface area (Å²) in [5.41, 5.74) is 0.880. The summed E-state index contributed by atoms with van der Waals surface area (Å²) in [5, 5.41) is 8.87. The quantitative estimate of drug-likeness (QED) is 0.891. The number of nitrogens with zero attached hydrogens (tertiary/aromatic N) is 2. The second-order valence-electron chi connectivity index (χ2n) is 2.70. The predicted octanol–water partition coefficient (Wildman–Crippen LogP) is 2.31. The van der Waals surface area contributed by atoms with Crippen molar-refractivity contribution in [2.24, 2.45) is 0 Å². The highest BCUT2D eigenvalue weighted by Gasteiger charge is 1.95. The van der Waals surface area contributed by atoms with E-state index in [0.717, 1.165) is 19.8 Å². The minimum Gasteiger partial charge on any atom is -0.392 e. The number of hydrogen-bond donors (Lipinski definition) is 2. The molecule has 0 aliphatic heterocycles. The van der Waals surface area contributed by atoms with E-state index in [0.29, 0.717) is 17.0 Å². The Bertz CT molecular complexity index is 425. The van der Waals surface area contributed by atoms with Gasteiger partial charge in [0.1, 0.15) is 0 Å². The lowest BCUT2D eigenvalue weighted by Crippen LogP contribution is -1.97. The van der Waals surface area contributed by atoms with Crippen LogP contribution in [-0.4, -0.2) is 18.4 Å². The van der Waals surface area contributed by atoms with Gasteiger partial charge in [-0.1, -0.05) is 12.1 Å². The zero-order valence-electron chi connectivity index (χ0n) is 7.71. The van der Waals surface area contributed by atoms with Crippen molar-refractivity contribution in [2.75, 3.05) is 0 Å². The van der Waals surface area contributed by atoms with Crippen LogP contribution in [0.15, 0.2) is 24.3 Å². The van der Waals surface area contributed by atoms with E-state index in [1.54, 1.807) is 4.26 Å². The summed E-state index contributed by atoms with van der Waals surface area (Å²) in [5.74, 6) is 0.759. The first kappa shape index (κ1) is 10.8. The molecule has 0 spiro atoms. The van der Waals surface area contributed by atoms with Crippen LogP contribution in [0, 0.1) is 0 Å². The van der Waals surface area contributed by atoms with Gasteiger partial charge in [-0.25, -0.2) is 0 Å². The zero-order valence-corrected chi connectivity index (χ0v) is 10.6. The number of aromatic nitrogens is 3. The Hall–Kier alpha value is -0.720. The fourth-order valence-electron chi connectivity index (χ4n) is 0.980. The second-order valence-corrected chi connectivity index (χ2v) is 6.28. The summed E-state index contributed by atoms with van der Waals surface area (Å²) < 4.78 is 9.01. The van der Waals surface area contributed by atoms with Gasteiger partial charge in [-0.2, -0.15) is 4.51 Å². The lowest BCUT2D eigenvalue weighted by molar-refractivity contribution is 0.273. The van der Waals surface area contributed by atoms with E-state index in [9.17, 15) is 0 Å². The van der Waals surface area contributed by atoms with Crippen LogP contribution in [0.5, 0.6) is 5.75 Å². The first-order valence-electron chi connectivity index (χ1n) is 4.23. The Balaban J connectivity index is 2.11. The molecule has 5 nitrogen and oxygen atoms in total. The van der Waals surface area contributed by atoms with Gasteiger partial charge in [0.2, 0.25) is 0 Å². The lowest BCUT2D eigenvalue weighted by Gasteiger charge is -2.06. The van der Waals surface area contributed by atoms with Crippen molar-refractivity contribution < 1.29 is 9.94 Å². The molecule has 2 N–H and O–H groups in total. The fourth-order valence-corrected chi connectivity index (χ4v) is 4.03. The van der Waals surface area contributed by atoms with Crippen LogP contribution in [0.4, 0.5) is 0 Å². The van der Waals surface area contributed by atoms with E-state index in [1.165, 1.54) is 0 Å². The average molecular weight is 261 g/mol. The molecule has 0 bridgehead atoms. The maximum atomic E-state index is 8.87. The van der Waals surface area contributed by atoms with Gasteiger partial charge in [-0.15, -0.1) is 4.26 Å². The SMILES string of the molecule is OCc1ccc(On2pn[pH][nH][pH]2)cc1. The molecule has 1 aromatic heterocycles. The van der Waals surface area contributed by atoms with Gasteiger partial charge in [-0.3, -0.25) is 0 Å². The topological polar surface area (TPSA) is 63.1 Å². The van der Waals surface area contributed by atoms with Gasteiger partial charge >= 0.3 is 0 Å². The molecule has 0 aliphatic carbocycles. The molecule has 0 radical (unpaired) electrons. The van der Waals surface area contributed by atoms with Crippen molar-refractivity contribution in [1.82, 2.24) is 13.3 Å². The summed E-state index contributed by atoms with van der Waals surface area (Å²) in [6.07, 6.45) is 0. The monoisotopic (exact) mass is 261 g/mol. The van der Waals surface area contributed by atoms with Crippen molar-refractivity contribution in [2.45, 2.75) is 6.61 Å². The maximum absolute atomic E-state index is 8.87. The Morgan fingerprint density at radius 1 is 1.47 bits per heavy atom. The molecule has 0 aliphatic rings. The molecule has 0 saturated heterocycles. The van der Waals surface area contributed by atoms with Crippen LogP contribution < -0.4 is 4.84 Å². The Kier molecular flexibility index (Phi) is 3.87. The standard InChI is InChI=1S/C7H10N3O2P3/c11-5-6-1-3-7(4-2-6)12-10-14-8-13-9-15-10/h1-4,8,11,13-14H,5H2. The smallest absolute Gasteiger partial charge is 0.182 e. The molecule has 1 heterocycles. The first-order valence-corrected chi connectivity index (χ1v) is 6.92. The minimum atomic E-state index is 0.0575. The van der Waals surface area contributed by atoms with Gasteiger partial charge in [0.15, 0.2) is 14.3 Å². The molecule has 2 atom stereocenters. The van der Waals surface area contributed by atoms with E-state index in [2.05, 4.69) is 9.02 Å². The summed E-state index contributed by atoms with van der Waals surface area (Å²) in [4.78, 5) is 5.55. The van der Waals surface area contributed by atoms with Crippen molar-refractivity contribution >= 4 is 25.5 Å². The lowest BCUT2D eigenvalue weighted by atomic mass is 10.2. The Labute approximate surface area is 91.4 Å². The first-order chi connectivity index (χ1) is 7.38. The van der Waals surface area contributed by atoms with E-state index < -0.39 is 0 Å². The van der Waals surface area contributed by atoms with Crippen LogP contribution in [0.3, 0.4) is 0 Å². The summed E-state index contributed by atoms with van der Waals surface area (Å²) in [7, 11) is 1.74. The molecule has 8 heteroatoms. The fraction of sp³-hybridized carbons (Fsp3) is 0.143. The number of H-pyrrole nitrogens is 1. The van der Waals surface area contributed by atoms with Crippen molar-refractivity contribution in [1.29, 1.82) is 0 Å². The molecular formula is C7H10N3O2P3. The molecule has 2 aromatic rings. The van der Waals surface area contributed by atoms with Gasteiger partial charge in [-0.05, 0) is 17.7 Å². The van der Waals surface area contributed by atoms with Gasteiger partial charge in [0.25, 0.3) is 0 Å². The number of aliphatic hydroxyl groups is 1. The molecular weight excluding hydrogens is 251 g/mol. The van der Waals surface area contributed by atoms with Crippen LogP contribution >= 0.6 is 25.5 Å². The zero-order chi connectivity index (χ0) is 10.5. The summed E-state index contributed by atoms with van der Waals surface area (Å²) in [6, 6.07) is 7.35. The Morgan fingerprint density at radius 3 is 2.87 bits per heavy atom. The number of rotatable bonds is 3. The molecule has 0 saturated carbocycles. The highest BCUT2D eigenvalue weighted by atomic mass is 31.1. The molecule has 0 amide bonds. The summed E-state index contributed by atoms with van der Waals surface area (Å²) in [6.45, 7) is 0.0575. The van der Waals surface area contributed by atoms with Crippen molar-refractivity contribution in [3.63, 3.8) is 0 Å². The number of aliphatic hydroxyl groups excluding tert-OH is 1. The minimum absolute atomic E-state index is 0.0575. The molecule has 80 valence electrons. The maximum Gasteiger partial charge on any atom is 0.182 e. The van der Waals surface area contributed by atoms with Crippen LogP contribution in [0.2, 0.25) is 0 Å². The van der Waals surface area contributed by atoms with Gasteiger partial charge in [0.05, 0.1) is 15.1 Å². The summed E-state index contributed by atoms with van der Waals surface area (Å²) >= 11 is 0. The number of nitrogens with one attached hydrogen (secondary N) is 1. The molecule has 15 heavy (non-hydrogen) atoms. The number of aromatic amines is 1. The van der Waals surface area contributed by atoms with Gasteiger partial charge in [0, 0.05) is 8.51 Å². The van der Waals surface area contributed by atoms with E-state index in [-0.39, 0.29) is 6.61 Å². The van der Waals surface area contributed by atoms with Crippen LogP contribution in [0.25, 0.3) is 0 Å². The third-order valence-corrected chi connectivity index (χ3v) is 4.43. The second kappa shape index (κ2) is 5.39. The van der Waals surface area contributed by atoms with E-state index >= 15 is 0 Å². The normalized spacial score (nSPS) is 11.5. The average Bonchev–Trinajstić information content (AvgIpc) is 2.31. The van der Waals surface area contributed by atoms with Gasteiger partial charge < -0.3 is 14.5 Å². The Morgan fingerprint density at radius 2 is 2.27 bits per heavy atom. The van der Waals surface area contributed by atoms with E-state index in [1.807, 2.05) is 24.3 Å². The van der Waals surface area contributed by atoms with Crippen molar-refractivity contribution in [3.8, 4) is 5.75 Å². The number of benzene rings is 1. The molecule has 2 rings (SSSR count). The number of hydrogen-bond acceptors (Lipinski definition) is 3.